The van der Waals surface area contributed by atoms with Crippen molar-refractivity contribution in [1.29, 1.82) is 0 Å². The van der Waals surface area contributed by atoms with Gasteiger partial charge in [-0.1, -0.05) is 12.2 Å². The van der Waals surface area contributed by atoms with E-state index < -0.39 is 0 Å². The highest BCUT2D eigenvalue weighted by molar-refractivity contribution is 9.11. The predicted molar refractivity (Wildman–Crippen MR) is 83.8 cm³/mol. The van der Waals surface area contributed by atoms with E-state index in [4.69, 9.17) is 6.42 Å². The fourth-order valence-corrected chi connectivity index (χ4v) is 3.24. The number of unbranched alkanes of at least 4 members (excludes halogenated alkanes) is 1. The largest absolute Gasteiger partial charge is 0.506 e. The van der Waals surface area contributed by atoms with Crippen LogP contribution in [0.3, 0.4) is 0 Å². The number of aryl methyl sites for hydroxylation is 1. The summed E-state index contributed by atoms with van der Waals surface area (Å²) in [5, 5.41) is 9.85. The number of hydrogen-bond donors (Lipinski definition) is 1. The standard InChI is InChI=1S/C15H16Br2O/c1-3-4-5-6-7-8-9-12-11(2)10-13(16)15(18)14(12)17/h1,6-7,10,18H,4-5,8-9H2,2H3/b7-6-. The highest BCUT2D eigenvalue weighted by atomic mass is 79.9. The average molecular weight is 372 g/mol. The Morgan fingerprint density at radius 1 is 1.33 bits per heavy atom. The molecule has 0 bridgehead atoms. The van der Waals surface area contributed by atoms with Crippen LogP contribution >= 0.6 is 31.9 Å². The molecule has 0 heterocycles. The number of terminal acetylenes is 1. The van der Waals surface area contributed by atoms with E-state index in [1.807, 2.05) is 13.0 Å². The maximum absolute atomic E-state index is 9.85. The molecule has 1 aromatic carbocycles. The van der Waals surface area contributed by atoms with Crippen LogP contribution in [0, 0.1) is 19.3 Å². The van der Waals surface area contributed by atoms with E-state index in [-0.39, 0.29) is 5.75 Å². The zero-order valence-electron chi connectivity index (χ0n) is 10.3. The number of benzene rings is 1. The Balaban J connectivity index is 2.66. The van der Waals surface area contributed by atoms with E-state index in [0.29, 0.717) is 0 Å². The normalized spacial score (nSPS) is 10.8. The van der Waals surface area contributed by atoms with Gasteiger partial charge in [0.1, 0.15) is 5.75 Å². The Morgan fingerprint density at radius 2 is 2.00 bits per heavy atom. The molecule has 1 aromatic rings. The maximum Gasteiger partial charge on any atom is 0.144 e. The number of hydrogen-bond acceptors (Lipinski definition) is 1. The summed E-state index contributed by atoms with van der Waals surface area (Å²) in [5.41, 5.74) is 2.32. The zero-order valence-corrected chi connectivity index (χ0v) is 13.5. The topological polar surface area (TPSA) is 20.2 Å². The van der Waals surface area contributed by atoms with E-state index in [9.17, 15) is 5.11 Å². The summed E-state index contributed by atoms with van der Waals surface area (Å²) in [5.74, 6) is 2.88. The number of rotatable bonds is 5. The van der Waals surface area contributed by atoms with Crippen LogP contribution in [0.1, 0.15) is 30.4 Å². The fraction of sp³-hybridized carbons (Fsp3) is 0.333. The second kappa shape index (κ2) is 7.66. The summed E-state index contributed by atoms with van der Waals surface area (Å²) in [6.07, 6.45) is 13.0. The molecule has 1 rings (SSSR count). The molecule has 0 spiro atoms. The van der Waals surface area contributed by atoms with Gasteiger partial charge in [-0.05, 0) is 75.2 Å². The van der Waals surface area contributed by atoms with Crippen LogP contribution in [0.5, 0.6) is 5.75 Å². The molecule has 0 aliphatic rings. The van der Waals surface area contributed by atoms with Gasteiger partial charge in [-0.2, -0.15) is 0 Å². The first kappa shape index (κ1) is 15.3. The van der Waals surface area contributed by atoms with E-state index in [0.717, 1.165) is 40.2 Å². The van der Waals surface area contributed by atoms with Crippen molar-refractivity contribution in [2.45, 2.75) is 32.6 Å². The van der Waals surface area contributed by atoms with Gasteiger partial charge in [0.2, 0.25) is 0 Å². The van der Waals surface area contributed by atoms with Gasteiger partial charge in [-0.25, -0.2) is 0 Å². The van der Waals surface area contributed by atoms with Gasteiger partial charge in [0.05, 0.1) is 8.95 Å². The highest BCUT2D eigenvalue weighted by Gasteiger charge is 2.11. The molecule has 0 saturated heterocycles. The molecule has 0 aliphatic carbocycles. The van der Waals surface area contributed by atoms with Crippen LogP contribution in [-0.2, 0) is 6.42 Å². The van der Waals surface area contributed by atoms with Crippen molar-refractivity contribution in [3.8, 4) is 18.1 Å². The summed E-state index contributed by atoms with van der Waals surface area (Å²) in [6.45, 7) is 2.05. The Labute approximate surface area is 126 Å². The molecule has 1 nitrogen and oxygen atoms in total. The summed E-state index contributed by atoms with van der Waals surface area (Å²) in [4.78, 5) is 0. The Bertz CT molecular complexity index is 484. The lowest BCUT2D eigenvalue weighted by atomic mass is 10.0. The fourth-order valence-electron chi connectivity index (χ4n) is 1.70. The second-order valence-corrected chi connectivity index (χ2v) is 5.72. The summed E-state index contributed by atoms with van der Waals surface area (Å²) in [7, 11) is 0. The lowest BCUT2D eigenvalue weighted by Gasteiger charge is -2.10. The lowest BCUT2D eigenvalue weighted by Crippen LogP contribution is -1.92. The molecule has 0 fully saturated rings. The van der Waals surface area contributed by atoms with Gasteiger partial charge in [0, 0.05) is 6.42 Å². The van der Waals surface area contributed by atoms with Gasteiger partial charge in [0.25, 0.3) is 0 Å². The summed E-state index contributed by atoms with van der Waals surface area (Å²) in [6, 6.07) is 1.94. The zero-order chi connectivity index (χ0) is 13.5. The third-order valence-corrected chi connectivity index (χ3v) is 4.16. The summed E-state index contributed by atoms with van der Waals surface area (Å²) < 4.78 is 1.51. The van der Waals surface area contributed by atoms with Crippen molar-refractivity contribution in [3.63, 3.8) is 0 Å². The molecule has 0 unspecified atom stereocenters. The van der Waals surface area contributed by atoms with E-state index in [1.165, 1.54) is 5.56 Å². The molecule has 0 atom stereocenters. The molecule has 96 valence electrons. The molecule has 18 heavy (non-hydrogen) atoms. The van der Waals surface area contributed by atoms with Crippen LogP contribution in [0.2, 0.25) is 0 Å². The predicted octanol–water partition coefficient (Wildman–Crippen LogP) is 5.13. The average Bonchev–Trinajstić information content (AvgIpc) is 2.34. The van der Waals surface area contributed by atoms with Crippen LogP contribution in [0.4, 0.5) is 0 Å². The van der Waals surface area contributed by atoms with Crippen LogP contribution < -0.4 is 0 Å². The minimum absolute atomic E-state index is 0.270. The SMILES string of the molecule is C#CCC/C=C\CCc1c(C)cc(Br)c(O)c1Br. The van der Waals surface area contributed by atoms with Crippen molar-refractivity contribution < 1.29 is 5.11 Å². The first-order chi connectivity index (χ1) is 8.57. The third kappa shape index (κ3) is 4.19. The van der Waals surface area contributed by atoms with Crippen molar-refractivity contribution >= 4 is 31.9 Å². The quantitative estimate of drug-likeness (QED) is 0.432. The highest BCUT2D eigenvalue weighted by Crippen LogP contribution is 2.37. The Morgan fingerprint density at radius 3 is 2.67 bits per heavy atom. The second-order valence-electron chi connectivity index (χ2n) is 4.07. The van der Waals surface area contributed by atoms with Gasteiger partial charge >= 0.3 is 0 Å². The monoisotopic (exact) mass is 370 g/mol. The van der Waals surface area contributed by atoms with Gasteiger partial charge < -0.3 is 5.11 Å². The molecule has 0 amide bonds. The van der Waals surface area contributed by atoms with Crippen molar-refractivity contribution in [2.24, 2.45) is 0 Å². The maximum atomic E-state index is 9.85. The van der Waals surface area contributed by atoms with Crippen LogP contribution in [-0.4, -0.2) is 5.11 Å². The molecular weight excluding hydrogens is 356 g/mol. The molecule has 0 radical (unpaired) electrons. The molecule has 0 saturated carbocycles. The molecule has 0 aromatic heterocycles. The first-order valence-corrected chi connectivity index (χ1v) is 7.41. The van der Waals surface area contributed by atoms with Crippen molar-refractivity contribution in [1.82, 2.24) is 0 Å². The number of allylic oxidation sites excluding steroid dienone is 2. The summed E-state index contributed by atoms with van der Waals surface area (Å²) >= 11 is 6.77. The third-order valence-electron chi connectivity index (χ3n) is 2.70. The number of aromatic hydroxyl groups is 1. The number of phenols is 1. The number of halogens is 2. The van der Waals surface area contributed by atoms with E-state index >= 15 is 0 Å². The van der Waals surface area contributed by atoms with Crippen molar-refractivity contribution in [2.75, 3.05) is 0 Å². The number of phenolic OH excluding ortho intramolecular Hbond substituents is 1. The smallest absolute Gasteiger partial charge is 0.144 e. The lowest BCUT2D eigenvalue weighted by molar-refractivity contribution is 0.467. The molecule has 0 aliphatic heterocycles. The van der Waals surface area contributed by atoms with Gasteiger partial charge in [-0.3, -0.25) is 0 Å². The first-order valence-electron chi connectivity index (χ1n) is 5.82. The Kier molecular flexibility index (Phi) is 6.52. The van der Waals surface area contributed by atoms with Crippen molar-refractivity contribution in [3.05, 3.63) is 38.3 Å². The van der Waals surface area contributed by atoms with E-state index in [1.54, 1.807) is 0 Å². The Hall–Kier alpha value is -0.720. The molecule has 1 N–H and O–H groups in total. The minimum atomic E-state index is 0.270. The minimum Gasteiger partial charge on any atom is -0.506 e. The van der Waals surface area contributed by atoms with Gasteiger partial charge in [0.15, 0.2) is 0 Å². The van der Waals surface area contributed by atoms with Crippen LogP contribution in [0.15, 0.2) is 27.2 Å². The van der Waals surface area contributed by atoms with Gasteiger partial charge in [-0.15, -0.1) is 12.3 Å². The van der Waals surface area contributed by atoms with E-state index in [2.05, 4.69) is 49.9 Å². The van der Waals surface area contributed by atoms with Crippen LogP contribution in [0.25, 0.3) is 0 Å². The molecular formula is C15H16Br2O. The molecule has 3 heteroatoms.